The average molecular weight is 309 g/mol. The molecule has 3 aromatic rings. The summed E-state index contributed by atoms with van der Waals surface area (Å²) in [5.41, 5.74) is 3.57. The molecule has 0 fully saturated rings. The summed E-state index contributed by atoms with van der Waals surface area (Å²) < 4.78 is 7.00. The van der Waals surface area contributed by atoms with Gasteiger partial charge in [-0.25, -0.2) is 4.98 Å². The lowest BCUT2D eigenvalue weighted by molar-refractivity contribution is 0.0953. The molecule has 0 unspecified atom stereocenters. The molecule has 2 heterocycles. The van der Waals surface area contributed by atoms with Gasteiger partial charge in [0.2, 0.25) is 0 Å². The third kappa shape index (κ3) is 3.51. The second-order valence-electron chi connectivity index (χ2n) is 5.42. The second-order valence-corrected chi connectivity index (χ2v) is 5.42. The summed E-state index contributed by atoms with van der Waals surface area (Å²) in [6.07, 6.45) is 4.49. The van der Waals surface area contributed by atoms with Crippen molar-refractivity contribution in [1.29, 1.82) is 0 Å². The molecule has 1 amide bonds. The maximum Gasteiger partial charge on any atom is 0.252 e. The molecule has 5 heteroatoms. The highest BCUT2D eigenvalue weighted by Gasteiger charge is 2.07. The number of aromatic nitrogens is 2. The van der Waals surface area contributed by atoms with E-state index in [2.05, 4.69) is 10.3 Å². The standard InChI is InChI=1S/C18H19N3O2/c1-13-11-21-12-15(5-8-17(21)20-13)18(22)19-10-9-14-3-6-16(23-2)7-4-14/h3-8,11-12H,9-10H2,1-2H3,(H,19,22). The fourth-order valence-corrected chi connectivity index (χ4v) is 2.47. The molecule has 0 aliphatic heterocycles. The van der Waals surface area contributed by atoms with Crippen molar-refractivity contribution in [2.75, 3.05) is 13.7 Å². The summed E-state index contributed by atoms with van der Waals surface area (Å²) in [4.78, 5) is 16.6. The lowest BCUT2D eigenvalue weighted by Crippen LogP contribution is -2.25. The molecule has 0 spiro atoms. The van der Waals surface area contributed by atoms with Crippen LogP contribution < -0.4 is 10.1 Å². The van der Waals surface area contributed by atoms with Crippen LogP contribution in [0.1, 0.15) is 21.6 Å². The first-order chi connectivity index (χ1) is 11.2. The number of ether oxygens (including phenoxy) is 1. The maximum absolute atomic E-state index is 12.2. The fraction of sp³-hybridized carbons (Fsp3) is 0.222. The number of hydrogen-bond acceptors (Lipinski definition) is 3. The minimum absolute atomic E-state index is 0.0771. The number of rotatable bonds is 5. The Labute approximate surface area is 134 Å². The Kier molecular flexibility index (Phi) is 4.28. The molecule has 118 valence electrons. The number of benzene rings is 1. The van der Waals surface area contributed by atoms with Gasteiger partial charge in [-0.2, -0.15) is 0 Å². The molecule has 0 bridgehead atoms. The van der Waals surface area contributed by atoms with Crippen LogP contribution in [-0.2, 0) is 6.42 Å². The second kappa shape index (κ2) is 6.52. The summed E-state index contributed by atoms with van der Waals surface area (Å²) in [6.45, 7) is 2.52. The molecule has 3 rings (SSSR count). The molecule has 5 nitrogen and oxygen atoms in total. The van der Waals surface area contributed by atoms with Crippen LogP contribution in [0.4, 0.5) is 0 Å². The first-order valence-electron chi connectivity index (χ1n) is 7.52. The number of nitrogens with zero attached hydrogens (tertiary/aromatic N) is 2. The van der Waals surface area contributed by atoms with Crippen molar-refractivity contribution in [3.8, 4) is 5.75 Å². The first-order valence-corrected chi connectivity index (χ1v) is 7.52. The Bertz CT molecular complexity index is 822. The summed E-state index contributed by atoms with van der Waals surface area (Å²) in [5.74, 6) is 0.758. The van der Waals surface area contributed by atoms with E-state index in [-0.39, 0.29) is 5.91 Å². The minimum atomic E-state index is -0.0771. The zero-order valence-electron chi connectivity index (χ0n) is 13.2. The number of hydrogen-bond donors (Lipinski definition) is 1. The summed E-state index contributed by atoms with van der Waals surface area (Å²) >= 11 is 0. The van der Waals surface area contributed by atoms with E-state index in [1.165, 1.54) is 0 Å². The van der Waals surface area contributed by atoms with Crippen LogP contribution in [0, 0.1) is 6.92 Å². The van der Waals surface area contributed by atoms with Gasteiger partial charge >= 0.3 is 0 Å². The average Bonchev–Trinajstić information content (AvgIpc) is 2.94. The molecule has 0 aliphatic carbocycles. The van der Waals surface area contributed by atoms with Crippen LogP contribution in [0.5, 0.6) is 5.75 Å². The van der Waals surface area contributed by atoms with Crippen LogP contribution in [-0.4, -0.2) is 28.9 Å². The smallest absolute Gasteiger partial charge is 0.252 e. The SMILES string of the molecule is COc1ccc(CCNC(=O)c2ccc3nc(C)cn3c2)cc1. The van der Waals surface area contributed by atoms with Crippen molar-refractivity contribution in [2.45, 2.75) is 13.3 Å². The minimum Gasteiger partial charge on any atom is -0.497 e. The van der Waals surface area contributed by atoms with Gasteiger partial charge < -0.3 is 14.5 Å². The molecule has 0 radical (unpaired) electrons. The molecule has 0 saturated carbocycles. The van der Waals surface area contributed by atoms with Gasteiger partial charge in [-0.05, 0) is 43.2 Å². The Morgan fingerprint density at radius 1 is 1.17 bits per heavy atom. The van der Waals surface area contributed by atoms with Crippen molar-refractivity contribution in [3.05, 3.63) is 65.6 Å². The number of carbonyl (C=O) groups is 1. The van der Waals surface area contributed by atoms with E-state index in [1.54, 1.807) is 19.4 Å². The van der Waals surface area contributed by atoms with Gasteiger partial charge in [0.15, 0.2) is 0 Å². The van der Waals surface area contributed by atoms with Gasteiger partial charge in [-0.1, -0.05) is 12.1 Å². The van der Waals surface area contributed by atoms with Crippen molar-refractivity contribution in [2.24, 2.45) is 0 Å². The van der Waals surface area contributed by atoms with Crippen LogP contribution >= 0.6 is 0 Å². The first kappa shape index (κ1) is 15.1. The number of nitrogens with one attached hydrogen (secondary N) is 1. The quantitative estimate of drug-likeness (QED) is 0.788. The molecule has 0 aliphatic rings. The van der Waals surface area contributed by atoms with Crippen LogP contribution in [0.15, 0.2) is 48.8 Å². The topological polar surface area (TPSA) is 55.6 Å². The fourth-order valence-electron chi connectivity index (χ4n) is 2.47. The number of fused-ring (bicyclic) bond motifs is 1. The van der Waals surface area contributed by atoms with Gasteiger partial charge in [0.1, 0.15) is 11.4 Å². The number of imidazole rings is 1. The predicted molar refractivity (Wildman–Crippen MR) is 89.0 cm³/mol. The van der Waals surface area contributed by atoms with Gasteiger partial charge in [0.25, 0.3) is 5.91 Å². The highest BCUT2D eigenvalue weighted by Crippen LogP contribution is 2.11. The normalized spacial score (nSPS) is 10.7. The zero-order valence-corrected chi connectivity index (χ0v) is 13.2. The number of methoxy groups -OCH3 is 1. The highest BCUT2D eigenvalue weighted by atomic mass is 16.5. The van der Waals surface area contributed by atoms with Crippen LogP contribution in [0.3, 0.4) is 0 Å². The largest absolute Gasteiger partial charge is 0.497 e. The van der Waals surface area contributed by atoms with Crippen LogP contribution in [0.25, 0.3) is 5.65 Å². The highest BCUT2D eigenvalue weighted by molar-refractivity contribution is 5.94. The van der Waals surface area contributed by atoms with Crippen LogP contribution in [0.2, 0.25) is 0 Å². The molecule has 1 N–H and O–H groups in total. The molecule has 2 aromatic heterocycles. The molecular weight excluding hydrogens is 290 g/mol. The summed E-state index contributed by atoms with van der Waals surface area (Å²) in [7, 11) is 1.65. The number of aryl methyl sites for hydroxylation is 1. The van der Waals surface area contributed by atoms with Gasteiger partial charge in [0.05, 0.1) is 18.4 Å². The number of carbonyl (C=O) groups excluding carboxylic acids is 1. The van der Waals surface area contributed by atoms with E-state index in [0.29, 0.717) is 12.1 Å². The Morgan fingerprint density at radius 3 is 2.70 bits per heavy atom. The summed E-state index contributed by atoms with van der Waals surface area (Å²) in [5, 5.41) is 2.94. The predicted octanol–water partition coefficient (Wildman–Crippen LogP) is 2.62. The number of pyridine rings is 1. The van der Waals surface area contributed by atoms with E-state index >= 15 is 0 Å². The lowest BCUT2D eigenvalue weighted by Gasteiger charge is -2.07. The van der Waals surface area contributed by atoms with Crippen molar-refractivity contribution in [3.63, 3.8) is 0 Å². The number of amides is 1. The molecule has 0 saturated heterocycles. The van der Waals surface area contributed by atoms with E-state index < -0.39 is 0 Å². The van der Waals surface area contributed by atoms with Gasteiger partial charge in [-0.3, -0.25) is 4.79 Å². The lowest BCUT2D eigenvalue weighted by atomic mass is 10.1. The molecular formula is C18H19N3O2. The molecule has 0 atom stereocenters. The van der Waals surface area contributed by atoms with E-state index in [4.69, 9.17) is 4.74 Å². The van der Waals surface area contributed by atoms with Crippen molar-refractivity contribution in [1.82, 2.24) is 14.7 Å². The Balaban J connectivity index is 1.59. The third-order valence-corrected chi connectivity index (χ3v) is 3.69. The third-order valence-electron chi connectivity index (χ3n) is 3.69. The van der Waals surface area contributed by atoms with Crippen molar-refractivity contribution >= 4 is 11.6 Å². The van der Waals surface area contributed by atoms with Crippen molar-refractivity contribution < 1.29 is 9.53 Å². The van der Waals surface area contributed by atoms with Gasteiger partial charge in [0, 0.05) is 18.9 Å². The monoisotopic (exact) mass is 309 g/mol. The van der Waals surface area contributed by atoms with E-state index in [9.17, 15) is 4.79 Å². The maximum atomic E-state index is 12.2. The Hall–Kier alpha value is -2.82. The Morgan fingerprint density at radius 2 is 1.96 bits per heavy atom. The zero-order chi connectivity index (χ0) is 16.2. The van der Waals surface area contributed by atoms with Gasteiger partial charge in [-0.15, -0.1) is 0 Å². The summed E-state index contributed by atoms with van der Waals surface area (Å²) in [6, 6.07) is 11.5. The van der Waals surface area contributed by atoms with E-state index in [1.807, 2.05) is 47.9 Å². The molecule has 1 aromatic carbocycles. The van der Waals surface area contributed by atoms with E-state index in [0.717, 1.165) is 29.1 Å². The molecule has 23 heavy (non-hydrogen) atoms.